The van der Waals surface area contributed by atoms with Gasteiger partial charge in [-0.1, -0.05) is 171 Å². The third-order valence-electron chi connectivity index (χ3n) is 13.1. The van der Waals surface area contributed by atoms with Gasteiger partial charge in [-0.25, -0.2) is 9.97 Å². The minimum Gasteiger partial charge on any atom is -0.264 e. The molecule has 0 radical (unpaired) electrons. The molecule has 2 heterocycles. The molecule has 0 aliphatic heterocycles. The van der Waals surface area contributed by atoms with Gasteiger partial charge >= 0.3 is 0 Å². The summed E-state index contributed by atoms with van der Waals surface area (Å²) in [5.74, 6) is 0.695. The van der Waals surface area contributed by atoms with Crippen molar-refractivity contribution in [2.75, 3.05) is 0 Å². The highest BCUT2D eigenvalue weighted by atomic mass is 14.9. The van der Waals surface area contributed by atoms with Crippen LogP contribution in [-0.2, 0) is 5.41 Å². The molecule has 1 saturated carbocycles. The van der Waals surface area contributed by atoms with E-state index in [9.17, 15) is 5.26 Å². The summed E-state index contributed by atoms with van der Waals surface area (Å²) >= 11 is 0. The normalized spacial score (nSPS) is 13.6. The molecule has 2 aromatic heterocycles. The first-order valence-corrected chi connectivity index (χ1v) is 21.6. The Hall–Kier alpha value is -7.74. The van der Waals surface area contributed by atoms with E-state index in [4.69, 9.17) is 9.97 Å². The van der Waals surface area contributed by atoms with E-state index in [1.54, 1.807) is 6.20 Å². The molecule has 0 atom stereocenters. The van der Waals surface area contributed by atoms with E-state index in [1.807, 2.05) is 36.5 Å². The Kier molecular flexibility index (Phi) is 9.44. The van der Waals surface area contributed by atoms with Crippen LogP contribution in [0.2, 0.25) is 0 Å². The summed E-state index contributed by atoms with van der Waals surface area (Å²) in [6.07, 6.45) is 9.69. The fourth-order valence-corrected chi connectivity index (χ4v) is 9.93. The first kappa shape index (κ1) is 37.3. The molecule has 0 unspecified atom stereocenters. The van der Waals surface area contributed by atoms with Gasteiger partial charge in [0, 0.05) is 34.5 Å². The number of aromatic nitrogens is 3. The predicted octanol–water partition coefficient (Wildman–Crippen LogP) is 14.6. The second-order valence-electron chi connectivity index (χ2n) is 16.6. The summed E-state index contributed by atoms with van der Waals surface area (Å²) in [6.45, 7) is 0. The standard InChI is InChI=1S/C58H42N4/c59-37-39-17-30-51-53(34-39)58(31-5-2-6-32-58)52-16-8-15-50(56(51)52)43-24-18-40(19-25-43)47-12-7-13-48(35-47)41-20-26-44(27-21-41)54-36-55(62-57(61-54)46-10-3-1-4-11-46)45-28-22-42(23-29-45)49-14-9-33-60-38-49/h1,3-4,7-30,33-36,38H,2,5-6,31-32H2. The van der Waals surface area contributed by atoms with Gasteiger partial charge in [-0.15, -0.1) is 0 Å². The van der Waals surface area contributed by atoms with E-state index < -0.39 is 0 Å². The predicted molar refractivity (Wildman–Crippen MR) is 252 cm³/mol. The molecule has 62 heavy (non-hydrogen) atoms. The molecule has 11 rings (SSSR count). The van der Waals surface area contributed by atoms with Gasteiger partial charge in [-0.05, 0) is 110 Å². The van der Waals surface area contributed by atoms with Gasteiger partial charge in [0.05, 0.1) is 23.0 Å². The lowest BCUT2D eigenvalue weighted by Gasteiger charge is -2.36. The maximum absolute atomic E-state index is 9.82. The minimum atomic E-state index is 0.00150. The molecule has 1 spiro atoms. The molecule has 4 nitrogen and oxygen atoms in total. The molecule has 0 amide bonds. The number of hydrogen-bond acceptors (Lipinski definition) is 4. The Morgan fingerprint density at radius 2 is 1.00 bits per heavy atom. The average molecular weight is 795 g/mol. The molecule has 2 aliphatic carbocycles. The number of rotatable bonds is 7. The number of nitrogens with zero attached hydrogens (tertiary/aromatic N) is 4. The zero-order chi connectivity index (χ0) is 41.5. The van der Waals surface area contributed by atoms with E-state index in [0.717, 1.165) is 68.7 Å². The summed E-state index contributed by atoms with van der Waals surface area (Å²) in [7, 11) is 0. The van der Waals surface area contributed by atoms with Crippen molar-refractivity contribution < 1.29 is 0 Å². The maximum atomic E-state index is 9.82. The van der Waals surface area contributed by atoms with Crippen molar-refractivity contribution in [3.63, 3.8) is 0 Å². The number of hydrogen-bond donors (Lipinski definition) is 0. The molecule has 0 bridgehead atoms. The second-order valence-corrected chi connectivity index (χ2v) is 16.6. The van der Waals surface area contributed by atoms with Crippen molar-refractivity contribution in [1.82, 2.24) is 15.0 Å². The molecule has 1 fully saturated rings. The highest BCUT2D eigenvalue weighted by Gasteiger charge is 2.44. The second kappa shape index (κ2) is 15.7. The van der Waals surface area contributed by atoms with Gasteiger partial charge in [-0.3, -0.25) is 4.98 Å². The first-order chi connectivity index (χ1) is 30.6. The fourth-order valence-electron chi connectivity index (χ4n) is 9.93. The molecule has 9 aromatic rings. The quantitative estimate of drug-likeness (QED) is 0.161. The first-order valence-electron chi connectivity index (χ1n) is 21.6. The van der Waals surface area contributed by atoms with Crippen molar-refractivity contribution in [3.05, 3.63) is 211 Å². The van der Waals surface area contributed by atoms with Crippen molar-refractivity contribution in [2.24, 2.45) is 0 Å². The molecule has 2 aliphatic rings. The Balaban J connectivity index is 0.884. The maximum Gasteiger partial charge on any atom is 0.160 e. The molecular formula is C58H42N4. The molecule has 294 valence electrons. The van der Waals surface area contributed by atoms with Crippen LogP contribution in [0.4, 0.5) is 0 Å². The van der Waals surface area contributed by atoms with Gasteiger partial charge in [0.15, 0.2) is 5.82 Å². The number of pyridine rings is 1. The Labute approximate surface area is 362 Å². The third kappa shape index (κ3) is 6.69. The van der Waals surface area contributed by atoms with Crippen LogP contribution >= 0.6 is 0 Å². The van der Waals surface area contributed by atoms with Crippen LogP contribution in [0.5, 0.6) is 0 Å². The van der Waals surface area contributed by atoms with Gasteiger partial charge in [0.1, 0.15) is 0 Å². The zero-order valence-corrected chi connectivity index (χ0v) is 34.3. The molecule has 4 heteroatoms. The van der Waals surface area contributed by atoms with Crippen molar-refractivity contribution >= 4 is 0 Å². The minimum absolute atomic E-state index is 0.00150. The Morgan fingerprint density at radius 1 is 0.419 bits per heavy atom. The Morgan fingerprint density at radius 3 is 1.63 bits per heavy atom. The van der Waals surface area contributed by atoms with Crippen LogP contribution in [-0.4, -0.2) is 15.0 Å². The number of fused-ring (bicyclic) bond motifs is 5. The van der Waals surface area contributed by atoms with Crippen LogP contribution in [0.3, 0.4) is 0 Å². The van der Waals surface area contributed by atoms with Crippen molar-refractivity contribution in [2.45, 2.75) is 37.5 Å². The summed E-state index contributed by atoms with van der Waals surface area (Å²) in [5, 5.41) is 9.82. The van der Waals surface area contributed by atoms with Crippen LogP contribution < -0.4 is 0 Å². The monoisotopic (exact) mass is 794 g/mol. The lowest BCUT2D eigenvalue weighted by Crippen LogP contribution is -2.28. The summed E-state index contributed by atoms with van der Waals surface area (Å²) in [5.41, 5.74) is 20.3. The highest BCUT2D eigenvalue weighted by Crippen LogP contribution is 2.58. The Bertz CT molecular complexity index is 3120. The zero-order valence-electron chi connectivity index (χ0n) is 34.3. The fraction of sp³-hybridized carbons (Fsp3) is 0.103. The summed E-state index contributed by atoms with van der Waals surface area (Å²) in [6, 6.07) is 67.0. The van der Waals surface area contributed by atoms with Crippen LogP contribution in [0.15, 0.2) is 194 Å². The van der Waals surface area contributed by atoms with Crippen molar-refractivity contribution in [1.29, 1.82) is 5.26 Å². The van der Waals surface area contributed by atoms with Crippen LogP contribution in [0.25, 0.3) is 89.5 Å². The molecule has 0 saturated heterocycles. The van der Waals surface area contributed by atoms with Crippen molar-refractivity contribution in [3.8, 4) is 95.6 Å². The van der Waals surface area contributed by atoms with E-state index in [1.165, 1.54) is 63.8 Å². The molecular weight excluding hydrogens is 753 g/mol. The topological polar surface area (TPSA) is 62.5 Å². The van der Waals surface area contributed by atoms with E-state index in [0.29, 0.717) is 5.82 Å². The largest absolute Gasteiger partial charge is 0.264 e. The smallest absolute Gasteiger partial charge is 0.160 e. The third-order valence-corrected chi connectivity index (χ3v) is 13.1. The van der Waals surface area contributed by atoms with E-state index >= 15 is 0 Å². The average Bonchev–Trinajstić information content (AvgIpc) is 3.62. The molecule has 0 N–H and O–H groups in total. The highest BCUT2D eigenvalue weighted by molar-refractivity contribution is 5.93. The van der Waals surface area contributed by atoms with Crippen LogP contribution in [0.1, 0.15) is 48.8 Å². The lowest BCUT2D eigenvalue weighted by atomic mass is 9.67. The summed E-state index contributed by atoms with van der Waals surface area (Å²) < 4.78 is 0. The molecule has 7 aromatic carbocycles. The summed E-state index contributed by atoms with van der Waals surface area (Å²) in [4.78, 5) is 14.4. The van der Waals surface area contributed by atoms with E-state index in [2.05, 4.69) is 163 Å². The van der Waals surface area contributed by atoms with Gasteiger partial charge in [0.2, 0.25) is 0 Å². The van der Waals surface area contributed by atoms with E-state index in [-0.39, 0.29) is 5.41 Å². The van der Waals surface area contributed by atoms with Gasteiger partial charge in [-0.2, -0.15) is 5.26 Å². The van der Waals surface area contributed by atoms with Gasteiger partial charge < -0.3 is 0 Å². The SMILES string of the molecule is N#Cc1ccc2c(c1)C1(CCCCC1)c1cccc(-c3ccc(-c4cccc(-c5ccc(-c6cc(-c7ccc(-c8cccnc8)cc7)nc(-c7ccccc7)n6)cc5)c4)cc3)c1-2. The number of nitriles is 1. The lowest BCUT2D eigenvalue weighted by molar-refractivity contribution is 0.353. The number of benzene rings is 7. The van der Waals surface area contributed by atoms with Crippen LogP contribution in [0, 0.1) is 11.3 Å². The van der Waals surface area contributed by atoms with Gasteiger partial charge in [0.25, 0.3) is 0 Å².